The second-order valence-electron chi connectivity index (χ2n) is 4.13. The van der Waals surface area contributed by atoms with Crippen LogP contribution in [-0.4, -0.2) is 27.1 Å². The van der Waals surface area contributed by atoms with Crippen LogP contribution in [0.25, 0.3) is 0 Å². The Bertz CT molecular complexity index is 684. The van der Waals surface area contributed by atoms with Crippen LogP contribution in [0.1, 0.15) is 23.1 Å². The molecule has 0 aliphatic heterocycles. The Labute approximate surface area is 125 Å². The van der Waals surface area contributed by atoms with Crippen LogP contribution in [0.2, 0.25) is 5.02 Å². The zero-order chi connectivity index (χ0) is 15.4. The fourth-order valence-corrected chi connectivity index (χ4v) is 2.06. The Balaban J connectivity index is 2.35. The third kappa shape index (κ3) is 3.38. The first-order valence-corrected chi connectivity index (χ1v) is 6.51. The van der Waals surface area contributed by atoms with Crippen LogP contribution in [-0.2, 0) is 11.3 Å². The van der Waals surface area contributed by atoms with E-state index in [1.165, 1.54) is 29.0 Å². The molecule has 2 aromatic rings. The van der Waals surface area contributed by atoms with Gasteiger partial charge in [-0.3, -0.25) is 10.1 Å². The highest BCUT2D eigenvalue weighted by atomic mass is 35.5. The average Bonchev–Trinajstić information content (AvgIpc) is 2.87. The molecular formula is C13H12ClN3O4. The lowest BCUT2D eigenvalue weighted by Crippen LogP contribution is -2.14. The van der Waals surface area contributed by atoms with Gasteiger partial charge in [0.05, 0.1) is 23.6 Å². The second kappa shape index (κ2) is 6.36. The van der Waals surface area contributed by atoms with E-state index in [2.05, 4.69) is 4.98 Å². The van der Waals surface area contributed by atoms with Crippen LogP contribution >= 0.6 is 11.6 Å². The highest BCUT2D eigenvalue weighted by Crippen LogP contribution is 2.24. The lowest BCUT2D eigenvalue weighted by atomic mass is 10.2. The Morgan fingerprint density at radius 1 is 1.52 bits per heavy atom. The molecule has 0 unspecified atom stereocenters. The number of hydrogen-bond acceptors (Lipinski definition) is 5. The minimum absolute atomic E-state index is 0.0668. The minimum Gasteiger partial charge on any atom is -0.460 e. The molecule has 0 saturated carbocycles. The third-order valence-electron chi connectivity index (χ3n) is 2.75. The summed E-state index contributed by atoms with van der Waals surface area (Å²) in [6.07, 6.45) is 2.99. The van der Waals surface area contributed by atoms with Crippen molar-refractivity contribution in [2.24, 2.45) is 0 Å². The van der Waals surface area contributed by atoms with Crippen molar-refractivity contribution in [1.29, 1.82) is 0 Å². The molecule has 0 atom stereocenters. The molecule has 0 aliphatic carbocycles. The van der Waals surface area contributed by atoms with Crippen molar-refractivity contribution in [3.63, 3.8) is 0 Å². The molecule has 0 aliphatic rings. The summed E-state index contributed by atoms with van der Waals surface area (Å²) >= 11 is 5.87. The molecule has 1 heterocycles. The van der Waals surface area contributed by atoms with Crippen molar-refractivity contribution >= 4 is 23.3 Å². The van der Waals surface area contributed by atoms with Crippen LogP contribution in [0.15, 0.2) is 30.6 Å². The van der Waals surface area contributed by atoms with Gasteiger partial charge in [-0.15, -0.1) is 0 Å². The number of nitro groups is 1. The van der Waals surface area contributed by atoms with E-state index in [0.29, 0.717) is 10.6 Å². The molecule has 0 amide bonds. The fraction of sp³-hybridized carbons (Fsp3) is 0.231. The number of halogens is 1. The summed E-state index contributed by atoms with van der Waals surface area (Å²) in [6, 6.07) is 4.27. The largest absolute Gasteiger partial charge is 0.460 e. The standard InChI is InChI=1S/C13H12ClN3O4/c1-2-21-13(18)12-15-5-6-16(12)8-9-7-10(14)3-4-11(9)17(19)20/h3-7H,2,8H2,1H3. The molecule has 2 rings (SSSR count). The van der Waals surface area contributed by atoms with Gasteiger partial charge < -0.3 is 9.30 Å². The molecule has 0 spiro atoms. The first-order chi connectivity index (χ1) is 10.0. The molecule has 0 saturated heterocycles. The van der Waals surface area contributed by atoms with Gasteiger partial charge in [-0.05, 0) is 19.1 Å². The molecule has 0 radical (unpaired) electrons. The van der Waals surface area contributed by atoms with Gasteiger partial charge in [-0.2, -0.15) is 0 Å². The van der Waals surface area contributed by atoms with Gasteiger partial charge in [0.2, 0.25) is 5.82 Å². The first kappa shape index (κ1) is 15.0. The minimum atomic E-state index is -0.577. The van der Waals surface area contributed by atoms with Gasteiger partial charge in [0.1, 0.15) is 0 Å². The topological polar surface area (TPSA) is 87.3 Å². The summed E-state index contributed by atoms with van der Waals surface area (Å²) < 4.78 is 6.37. The van der Waals surface area contributed by atoms with Gasteiger partial charge in [0, 0.05) is 23.5 Å². The Morgan fingerprint density at radius 2 is 2.29 bits per heavy atom. The zero-order valence-electron chi connectivity index (χ0n) is 11.2. The average molecular weight is 310 g/mol. The van der Waals surface area contributed by atoms with Crippen LogP contribution in [0.4, 0.5) is 5.69 Å². The van der Waals surface area contributed by atoms with E-state index in [1.54, 1.807) is 13.1 Å². The van der Waals surface area contributed by atoms with Gasteiger partial charge in [-0.25, -0.2) is 9.78 Å². The molecule has 0 fully saturated rings. The fourth-order valence-electron chi connectivity index (χ4n) is 1.86. The molecular weight excluding hydrogens is 298 g/mol. The highest BCUT2D eigenvalue weighted by molar-refractivity contribution is 6.30. The lowest BCUT2D eigenvalue weighted by Gasteiger charge is -2.08. The van der Waals surface area contributed by atoms with Gasteiger partial charge in [-0.1, -0.05) is 11.6 Å². The maximum absolute atomic E-state index is 11.7. The summed E-state index contributed by atoms with van der Waals surface area (Å²) in [7, 11) is 0. The van der Waals surface area contributed by atoms with Crippen LogP contribution in [0.5, 0.6) is 0 Å². The van der Waals surface area contributed by atoms with Crippen molar-refractivity contribution in [2.45, 2.75) is 13.5 Å². The van der Waals surface area contributed by atoms with E-state index in [-0.39, 0.29) is 24.7 Å². The molecule has 0 bridgehead atoms. The SMILES string of the molecule is CCOC(=O)c1nccn1Cc1cc(Cl)ccc1[N+](=O)[O-]. The zero-order valence-corrected chi connectivity index (χ0v) is 11.9. The van der Waals surface area contributed by atoms with E-state index in [0.717, 1.165) is 0 Å². The number of nitro benzene ring substituents is 1. The Hall–Kier alpha value is -2.41. The third-order valence-corrected chi connectivity index (χ3v) is 2.99. The first-order valence-electron chi connectivity index (χ1n) is 6.14. The van der Waals surface area contributed by atoms with Crippen LogP contribution in [0.3, 0.4) is 0 Å². The molecule has 7 nitrogen and oxygen atoms in total. The van der Waals surface area contributed by atoms with E-state index >= 15 is 0 Å². The number of carbonyl (C=O) groups excluding carboxylic acids is 1. The summed E-state index contributed by atoms with van der Waals surface area (Å²) in [4.78, 5) is 26.2. The predicted molar refractivity (Wildman–Crippen MR) is 75.4 cm³/mol. The quantitative estimate of drug-likeness (QED) is 0.481. The number of rotatable bonds is 5. The van der Waals surface area contributed by atoms with Crippen molar-refractivity contribution < 1.29 is 14.5 Å². The van der Waals surface area contributed by atoms with Crippen LogP contribution in [0, 0.1) is 10.1 Å². The van der Waals surface area contributed by atoms with Crippen LogP contribution < -0.4 is 0 Å². The number of imidazole rings is 1. The van der Waals surface area contributed by atoms with Crippen molar-refractivity contribution in [3.05, 3.63) is 57.1 Å². The number of nitrogens with zero attached hydrogens (tertiary/aromatic N) is 3. The van der Waals surface area contributed by atoms with E-state index in [9.17, 15) is 14.9 Å². The number of esters is 1. The maximum atomic E-state index is 11.7. The van der Waals surface area contributed by atoms with Gasteiger partial charge >= 0.3 is 5.97 Å². The molecule has 8 heteroatoms. The summed E-state index contributed by atoms with van der Waals surface area (Å²) in [5, 5.41) is 11.4. The summed E-state index contributed by atoms with van der Waals surface area (Å²) in [6.45, 7) is 2.01. The van der Waals surface area contributed by atoms with Gasteiger partial charge in [0.15, 0.2) is 0 Å². The number of ether oxygens (including phenoxy) is 1. The molecule has 1 aromatic carbocycles. The monoisotopic (exact) mass is 309 g/mol. The normalized spacial score (nSPS) is 10.4. The molecule has 110 valence electrons. The van der Waals surface area contributed by atoms with E-state index in [1.807, 2.05) is 0 Å². The van der Waals surface area contributed by atoms with Crippen molar-refractivity contribution in [3.8, 4) is 0 Å². The number of hydrogen-bond donors (Lipinski definition) is 0. The van der Waals surface area contributed by atoms with E-state index in [4.69, 9.17) is 16.3 Å². The van der Waals surface area contributed by atoms with Crippen molar-refractivity contribution in [2.75, 3.05) is 6.61 Å². The Morgan fingerprint density at radius 3 is 2.95 bits per heavy atom. The maximum Gasteiger partial charge on any atom is 0.374 e. The Kier molecular flexibility index (Phi) is 4.54. The summed E-state index contributed by atoms with van der Waals surface area (Å²) in [5.41, 5.74) is 0.318. The molecule has 1 aromatic heterocycles. The van der Waals surface area contributed by atoms with E-state index < -0.39 is 10.9 Å². The second-order valence-corrected chi connectivity index (χ2v) is 4.57. The smallest absolute Gasteiger partial charge is 0.374 e. The number of aromatic nitrogens is 2. The lowest BCUT2D eigenvalue weighted by molar-refractivity contribution is -0.385. The number of benzene rings is 1. The molecule has 21 heavy (non-hydrogen) atoms. The predicted octanol–water partition coefficient (Wildman–Crippen LogP) is 2.67. The highest BCUT2D eigenvalue weighted by Gasteiger charge is 2.18. The van der Waals surface area contributed by atoms with Gasteiger partial charge in [0.25, 0.3) is 5.69 Å². The summed E-state index contributed by atoms with van der Waals surface area (Å²) in [5.74, 6) is -0.488. The van der Waals surface area contributed by atoms with Crippen molar-refractivity contribution in [1.82, 2.24) is 9.55 Å². The number of carbonyl (C=O) groups is 1. The molecule has 0 N–H and O–H groups in total.